The molecule has 0 radical (unpaired) electrons. The minimum atomic E-state index is -3.57. The Bertz CT molecular complexity index is 870. The highest BCUT2D eigenvalue weighted by Gasteiger charge is 2.25. The van der Waals surface area contributed by atoms with Crippen LogP contribution >= 0.6 is 0 Å². The molecule has 7 heteroatoms. The van der Waals surface area contributed by atoms with Crippen molar-refractivity contribution in [1.82, 2.24) is 4.72 Å². The van der Waals surface area contributed by atoms with E-state index in [9.17, 15) is 8.42 Å². The molecular weight excluding hydrogens is 352 g/mol. The van der Waals surface area contributed by atoms with E-state index >= 15 is 0 Å². The molecule has 0 bridgehead atoms. The molecule has 0 amide bonds. The van der Waals surface area contributed by atoms with Gasteiger partial charge < -0.3 is 14.4 Å². The van der Waals surface area contributed by atoms with Crippen LogP contribution < -0.4 is 19.1 Å². The summed E-state index contributed by atoms with van der Waals surface area (Å²) in [5, 5.41) is 0. The van der Waals surface area contributed by atoms with E-state index in [0.717, 1.165) is 19.5 Å². The van der Waals surface area contributed by atoms with Crippen LogP contribution in [0.2, 0.25) is 0 Å². The van der Waals surface area contributed by atoms with Crippen molar-refractivity contribution in [3.8, 4) is 11.5 Å². The van der Waals surface area contributed by atoms with Gasteiger partial charge in [-0.1, -0.05) is 18.2 Å². The summed E-state index contributed by atoms with van der Waals surface area (Å²) in [7, 11) is -3.57. The maximum atomic E-state index is 12.6. The number of sulfonamides is 1. The Morgan fingerprint density at radius 2 is 1.81 bits per heavy atom. The van der Waals surface area contributed by atoms with Gasteiger partial charge in [-0.05, 0) is 36.6 Å². The van der Waals surface area contributed by atoms with Gasteiger partial charge in [0.2, 0.25) is 10.0 Å². The first-order valence-corrected chi connectivity index (χ1v) is 10.3. The Balaban J connectivity index is 1.38. The molecule has 2 aromatic carbocycles. The van der Waals surface area contributed by atoms with Crippen LogP contribution in [0.15, 0.2) is 53.4 Å². The lowest BCUT2D eigenvalue weighted by Crippen LogP contribution is -2.31. The zero-order valence-electron chi connectivity index (χ0n) is 14.4. The summed E-state index contributed by atoms with van der Waals surface area (Å²) in [6.45, 7) is 3.15. The maximum absolute atomic E-state index is 12.6. The molecule has 1 unspecified atom stereocenters. The van der Waals surface area contributed by atoms with E-state index in [1.54, 1.807) is 12.1 Å². The van der Waals surface area contributed by atoms with Crippen LogP contribution in [0.5, 0.6) is 11.5 Å². The Morgan fingerprint density at radius 3 is 2.62 bits per heavy atom. The molecule has 138 valence electrons. The fourth-order valence-electron chi connectivity index (χ4n) is 3.37. The molecule has 2 aliphatic heterocycles. The highest BCUT2D eigenvalue weighted by atomic mass is 32.2. The summed E-state index contributed by atoms with van der Waals surface area (Å²) in [5.74, 6) is 1.36. The number of anilines is 1. The van der Waals surface area contributed by atoms with Crippen molar-refractivity contribution >= 4 is 15.7 Å². The number of para-hydroxylation sites is 1. The lowest BCUT2D eigenvalue weighted by atomic mass is 10.1. The number of rotatable bonds is 5. The molecular formula is C19H22N2O4S. The minimum Gasteiger partial charge on any atom is -0.486 e. The van der Waals surface area contributed by atoms with Crippen molar-refractivity contribution in [3.63, 3.8) is 0 Å². The third-order valence-electron chi connectivity index (χ3n) is 4.79. The van der Waals surface area contributed by atoms with Crippen LogP contribution in [0.1, 0.15) is 6.42 Å². The highest BCUT2D eigenvalue weighted by Crippen LogP contribution is 2.32. The van der Waals surface area contributed by atoms with Crippen LogP contribution in [0.4, 0.5) is 5.69 Å². The monoisotopic (exact) mass is 374 g/mol. The fraction of sp³-hybridized carbons (Fsp3) is 0.368. The molecule has 6 nitrogen and oxygen atoms in total. The number of fused-ring (bicyclic) bond motifs is 1. The van der Waals surface area contributed by atoms with Gasteiger partial charge in [-0.25, -0.2) is 13.1 Å². The Labute approximate surface area is 153 Å². The second-order valence-electron chi connectivity index (χ2n) is 6.59. The largest absolute Gasteiger partial charge is 0.486 e. The first-order valence-electron chi connectivity index (χ1n) is 8.81. The van der Waals surface area contributed by atoms with Crippen molar-refractivity contribution in [2.75, 3.05) is 37.7 Å². The smallest absolute Gasteiger partial charge is 0.240 e. The van der Waals surface area contributed by atoms with Crippen LogP contribution in [0.25, 0.3) is 0 Å². The predicted octanol–water partition coefficient (Wildman–Crippen LogP) is 2.26. The number of hydrogen-bond donors (Lipinski definition) is 1. The molecule has 26 heavy (non-hydrogen) atoms. The van der Waals surface area contributed by atoms with Gasteiger partial charge >= 0.3 is 0 Å². The predicted molar refractivity (Wildman–Crippen MR) is 99.4 cm³/mol. The van der Waals surface area contributed by atoms with E-state index in [4.69, 9.17) is 9.47 Å². The number of ether oxygens (including phenoxy) is 2. The molecule has 0 saturated carbocycles. The fourth-order valence-corrected chi connectivity index (χ4v) is 4.51. The minimum absolute atomic E-state index is 0.208. The molecule has 2 aliphatic rings. The van der Waals surface area contributed by atoms with Gasteiger partial charge in [-0.3, -0.25) is 0 Å². The van der Waals surface area contributed by atoms with Gasteiger partial charge in [0.15, 0.2) is 11.5 Å². The third-order valence-corrected chi connectivity index (χ3v) is 6.21. The van der Waals surface area contributed by atoms with Crippen LogP contribution in [-0.2, 0) is 10.0 Å². The third kappa shape index (κ3) is 3.64. The number of nitrogens with zero attached hydrogens (tertiary/aromatic N) is 1. The second-order valence-corrected chi connectivity index (χ2v) is 8.36. The summed E-state index contributed by atoms with van der Waals surface area (Å²) in [5.41, 5.74) is 1.18. The van der Waals surface area contributed by atoms with E-state index in [2.05, 4.69) is 21.8 Å². The van der Waals surface area contributed by atoms with Crippen LogP contribution in [0, 0.1) is 5.92 Å². The summed E-state index contributed by atoms with van der Waals surface area (Å²) >= 11 is 0. The standard InChI is InChI=1S/C19H22N2O4S/c22-26(23,17-6-7-18-19(12-17)25-11-10-24-18)20-13-15-8-9-21(14-15)16-4-2-1-3-5-16/h1-7,12,15,20H,8-11,13-14H2. The maximum Gasteiger partial charge on any atom is 0.240 e. The first-order chi connectivity index (χ1) is 12.6. The highest BCUT2D eigenvalue weighted by molar-refractivity contribution is 7.89. The molecule has 2 aromatic rings. The van der Waals surface area contributed by atoms with Gasteiger partial charge in [-0.2, -0.15) is 0 Å². The van der Waals surface area contributed by atoms with E-state index in [-0.39, 0.29) is 4.90 Å². The molecule has 0 aliphatic carbocycles. The van der Waals surface area contributed by atoms with Crippen molar-refractivity contribution in [2.24, 2.45) is 5.92 Å². The first kappa shape index (κ1) is 17.2. The topological polar surface area (TPSA) is 67.9 Å². The van der Waals surface area contributed by atoms with Crippen molar-refractivity contribution in [1.29, 1.82) is 0 Å². The molecule has 1 saturated heterocycles. The molecule has 0 spiro atoms. The zero-order chi connectivity index (χ0) is 18.0. The van der Waals surface area contributed by atoms with Crippen molar-refractivity contribution in [2.45, 2.75) is 11.3 Å². The lowest BCUT2D eigenvalue weighted by molar-refractivity contribution is 0.171. The number of benzene rings is 2. The zero-order valence-corrected chi connectivity index (χ0v) is 15.2. The van der Waals surface area contributed by atoms with Crippen molar-refractivity contribution in [3.05, 3.63) is 48.5 Å². The molecule has 1 atom stereocenters. The SMILES string of the molecule is O=S(=O)(NCC1CCN(c2ccccc2)C1)c1ccc2c(c1)OCCO2. The van der Waals surface area contributed by atoms with Crippen LogP contribution in [-0.4, -0.2) is 41.3 Å². The average molecular weight is 374 g/mol. The molecule has 1 fully saturated rings. The number of nitrogens with one attached hydrogen (secondary N) is 1. The average Bonchev–Trinajstić information content (AvgIpc) is 3.16. The molecule has 2 heterocycles. The molecule has 0 aromatic heterocycles. The molecule has 4 rings (SSSR count). The number of hydrogen-bond acceptors (Lipinski definition) is 5. The quantitative estimate of drug-likeness (QED) is 0.870. The van der Waals surface area contributed by atoms with E-state index in [0.29, 0.717) is 37.2 Å². The Kier molecular flexibility index (Phi) is 4.74. The van der Waals surface area contributed by atoms with Crippen molar-refractivity contribution < 1.29 is 17.9 Å². The van der Waals surface area contributed by atoms with Gasteiger partial charge in [0.05, 0.1) is 4.90 Å². The normalized spacial score (nSPS) is 19.5. The van der Waals surface area contributed by atoms with E-state index in [1.165, 1.54) is 11.8 Å². The van der Waals surface area contributed by atoms with Gasteiger partial charge in [0.1, 0.15) is 13.2 Å². The Hall–Kier alpha value is -2.25. The lowest BCUT2D eigenvalue weighted by Gasteiger charge is -2.20. The van der Waals surface area contributed by atoms with E-state index < -0.39 is 10.0 Å². The Morgan fingerprint density at radius 1 is 1.04 bits per heavy atom. The summed E-state index contributed by atoms with van der Waals surface area (Å²) in [6, 6.07) is 14.9. The van der Waals surface area contributed by atoms with E-state index in [1.807, 2.05) is 18.2 Å². The second kappa shape index (κ2) is 7.17. The van der Waals surface area contributed by atoms with Gasteiger partial charge in [-0.15, -0.1) is 0 Å². The summed E-state index contributed by atoms with van der Waals surface area (Å²) < 4.78 is 38.9. The van der Waals surface area contributed by atoms with Crippen LogP contribution in [0.3, 0.4) is 0 Å². The van der Waals surface area contributed by atoms with Gasteiger partial charge in [0.25, 0.3) is 0 Å². The molecule has 1 N–H and O–H groups in total. The summed E-state index contributed by atoms with van der Waals surface area (Å²) in [6.07, 6.45) is 0.971. The summed E-state index contributed by atoms with van der Waals surface area (Å²) in [4.78, 5) is 2.50. The van der Waals surface area contributed by atoms with Gasteiger partial charge in [0, 0.05) is 31.4 Å².